The first kappa shape index (κ1) is 28.6. The smallest absolute Gasteiger partial charge is 0.306 e. The first-order valence-electron chi connectivity index (χ1n) is 14.5. The average molecular weight is 553 g/mol. The van der Waals surface area contributed by atoms with Crippen LogP contribution in [-0.4, -0.2) is 57.0 Å². The fourth-order valence-electron chi connectivity index (χ4n) is 8.49. The number of rotatable bonds is 8. The van der Waals surface area contributed by atoms with E-state index >= 15 is 0 Å². The van der Waals surface area contributed by atoms with Crippen molar-refractivity contribution in [2.45, 2.75) is 89.9 Å². The molecule has 0 saturated heterocycles. The third kappa shape index (κ3) is 4.91. The molecular weight excluding hydrogens is 512 g/mol. The molecule has 0 radical (unpaired) electrons. The van der Waals surface area contributed by atoms with Crippen molar-refractivity contribution in [2.24, 2.45) is 28.6 Å². The Balaban J connectivity index is 1.18. The van der Waals surface area contributed by atoms with Gasteiger partial charge in [-0.25, -0.2) is 0 Å². The van der Waals surface area contributed by atoms with Crippen LogP contribution < -0.4 is 5.32 Å². The highest BCUT2D eigenvalue weighted by molar-refractivity contribution is 5.92. The molecule has 216 valence electrons. The Bertz CT molecular complexity index is 1220. The third-order valence-corrected chi connectivity index (χ3v) is 10.7. The molecule has 7 atom stereocenters. The van der Waals surface area contributed by atoms with E-state index in [1.165, 1.54) is 0 Å². The van der Waals surface area contributed by atoms with Crippen molar-refractivity contribution >= 4 is 23.4 Å². The second-order valence-electron chi connectivity index (χ2n) is 12.7. The Labute approximate surface area is 234 Å². The van der Waals surface area contributed by atoms with E-state index in [0.717, 1.165) is 30.4 Å². The van der Waals surface area contributed by atoms with Gasteiger partial charge in [0, 0.05) is 37.2 Å². The summed E-state index contributed by atoms with van der Waals surface area (Å²) in [6.45, 7) is 3.83. The van der Waals surface area contributed by atoms with Crippen molar-refractivity contribution in [3.05, 3.63) is 41.7 Å². The number of carbonyl (C=O) groups is 4. The second-order valence-corrected chi connectivity index (χ2v) is 12.7. The summed E-state index contributed by atoms with van der Waals surface area (Å²) < 4.78 is 5.21. The van der Waals surface area contributed by atoms with Gasteiger partial charge in [-0.05, 0) is 85.5 Å². The molecule has 0 aliphatic heterocycles. The second kappa shape index (κ2) is 10.8. The van der Waals surface area contributed by atoms with Crippen LogP contribution in [0.25, 0.3) is 0 Å². The van der Waals surface area contributed by atoms with E-state index in [0.29, 0.717) is 19.4 Å². The number of hydrogen-bond acceptors (Lipinski definition) is 8. The summed E-state index contributed by atoms with van der Waals surface area (Å²) in [5.74, 6) is -1.21. The van der Waals surface area contributed by atoms with Gasteiger partial charge >= 0.3 is 5.97 Å². The molecule has 9 heteroatoms. The van der Waals surface area contributed by atoms with Gasteiger partial charge in [0.25, 0.3) is 0 Å². The van der Waals surface area contributed by atoms with Crippen molar-refractivity contribution in [1.82, 2.24) is 10.3 Å². The lowest BCUT2D eigenvalue weighted by molar-refractivity contribution is -0.184. The molecule has 3 fully saturated rings. The molecule has 4 aliphatic rings. The molecule has 0 unspecified atom stereocenters. The van der Waals surface area contributed by atoms with Crippen LogP contribution >= 0.6 is 0 Å². The lowest BCUT2D eigenvalue weighted by Gasteiger charge is -2.60. The minimum absolute atomic E-state index is 0.0151. The van der Waals surface area contributed by atoms with Crippen LogP contribution in [0.1, 0.15) is 77.2 Å². The number of carbonyl (C=O) groups excluding carboxylic acids is 4. The molecular formula is C31H40N2O7. The molecule has 5 rings (SSSR count). The van der Waals surface area contributed by atoms with E-state index in [2.05, 4.69) is 17.2 Å². The predicted molar refractivity (Wildman–Crippen MR) is 144 cm³/mol. The molecule has 3 N–H and O–H groups in total. The van der Waals surface area contributed by atoms with Crippen molar-refractivity contribution in [2.75, 3.05) is 6.61 Å². The van der Waals surface area contributed by atoms with Gasteiger partial charge in [-0.2, -0.15) is 0 Å². The molecule has 40 heavy (non-hydrogen) atoms. The molecule has 0 aromatic carbocycles. The highest BCUT2D eigenvalue weighted by Gasteiger charge is 2.68. The normalized spacial score (nSPS) is 36.5. The van der Waals surface area contributed by atoms with Gasteiger partial charge in [-0.3, -0.25) is 24.2 Å². The lowest BCUT2D eigenvalue weighted by atomic mass is 9.45. The number of hydrogen-bond donors (Lipinski definition) is 3. The molecule has 9 nitrogen and oxygen atoms in total. The van der Waals surface area contributed by atoms with Crippen LogP contribution in [0, 0.1) is 28.6 Å². The van der Waals surface area contributed by atoms with Gasteiger partial charge in [0.05, 0.1) is 12.5 Å². The molecule has 0 spiro atoms. The number of aliphatic hydroxyl groups excluding tert-OH is 1. The van der Waals surface area contributed by atoms with Gasteiger partial charge < -0.3 is 20.3 Å². The molecule has 1 amide bonds. The Hall–Kier alpha value is -2.91. The Kier molecular flexibility index (Phi) is 7.74. The number of nitrogens with zero attached hydrogens (tertiary/aromatic N) is 1. The van der Waals surface area contributed by atoms with Crippen LogP contribution in [-0.2, 0) is 30.5 Å². The number of Topliss-reactive ketones (excluding diaryl/α,β-unsaturated/α-hetero) is 1. The largest absolute Gasteiger partial charge is 0.458 e. The number of nitrogens with one attached hydrogen (secondary N) is 1. The topological polar surface area (TPSA) is 143 Å². The van der Waals surface area contributed by atoms with Gasteiger partial charge in [0.1, 0.15) is 5.60 Å². The first-order valence-corrected chi connectivity index (χ1v) is 14.5. The van der Waals surface area contributed by atoms with Crippen LogP contribution in [0.5, 0.6) is 0 Å². The van der Waals surface area contributed by atoms with E-state index in [-0.39, 0.29) is 60.5 Å². The lowest BCUT2D eigenvalue weighted by Crippen LogP contribution is -2.62. The predicted octanol–water partition coefficient (Wildman–Crippen LogP) is 2.82. The quantitative estimate of drug-likeness (QED) is 0.418. The van der Waals surface area contributed by atoms with E-state index in [1.54, 1.807) is 30.6 Å². The van der Waals surface area contributed by atoms with Crippen LogP contribution in [0.4, 0.5) is 0 Å². The molecule has 0 bridgehead atoms. The summed E-state index contributed by atoms with van der Waals surface area (Å²) in [6.07, 6.45) is 8.11. The summed E-state index contributed by atoms with van der Waals surface area (Å²) in [5.41, 5.74) is -0.768. The summed E-state index contributed by atoms with van der Waals surface area (Å²) >= 11 is 0. The summed E-state index contributed by atoms with van der Waals surface area (Å²) in [7, 11) is 0. The summed E-state index contributed by atoms with van der Waals surface area (Å²) in [4.78, 5) is 53.8. The Morgan fingerprint density at radius 3 is 2.60 bits per heavy atom. The fraction of sp³-hybridized carbons (Fsp3) is 0.645. The van der Waals surface area contributed by atoms with E-state index in [1.807, 2.05) is 6.92 Å². The number of amides is 1. The molecule has 3 saturated carbocycles. The third-order valence-electron chi connectivity index (χ3n) is 10.7. The van der Waals surface area contributed by atoms with Gasteiger partial charge in [0.15, 0.2) is 12.4 Å². The Morgan fingerprint density at radius 2 is 1.85 bits per heavy atom. The van der Waals surface area contributed by atoms with Gasteiger partial charge in [0.2, 0.25) is 11.7 Å². The van der Waals surface area contributed by atoms with Gasteiger partial charge in [-0.1, -0.05) is 19.4 Å². The van der Waals surface area contributed by atoms with Gasteiger partial charge in [-0.15, -0.1) is 0 Å². The maximum absolute atomic E-state index is 13.4. The van der Waals surface area contributed by atoms with Crippen LogP contribution in [0.15, 0.2) is 36.2 Å². The zero-order valence-electron chi connectivity index (χ0n) is 23.4. The first-order chi connectivity index (χ1) is 19.0. The molecule has 1 heterocycles. The van der Waals surface area contributed by atoms with Crippen molar-refractivity contribution in [3.8, 4) is 0 Å². The van der Waals surface area contributed by atoms with Crippen LogP contribution in [0.3, 0.4) is 0 Å². The molecule has 1 aromatic rings. The maximum atomic E-state index is 13.4. The SMILES string of the molecule is C[C@]12CCC(=O)C=C1CC[C@H]1[C@H]2[C@@H](O)C[C@@]2(C)[C@@H]1CC[C@]2(O)C(=O)COC(=O)CCC(=O)NCc1ccncc1. The van der Waals surface area contributed by atoms with E-state index < -0.39 is 35.5 Å². The highest BCUT2D eigenvalue weighted by Crippen LogP contribution is 2.67. The fourth-order valence-corrected chi connectivity index (χ4v) is 8.49. The monoisotopic (exact) mass is 552 g/mol. The number of allylic oxidation sites excluding steroid dienone is 1. The molecule has 1 aromatic heterocycles. The van der Waals surface area contributed by atoms with Crippen molar-refractivity contribution in [3.63, 3.8) is 0 Å². The van der Waals surface area contributed by atoms with Crippen molar-refractivity contribution in [1.29, 1.82) is 0 Å². The minimum atomic E-state index is -1.70. The number of ether oxygens (including phenoxy) is 1. The maximum Gasteiger partial charge on any atom is 0.306 e. The number of aromatic nitrogens is 1. The zero-order valence-corrected chi connectivity index (χ0v) is 23.4. The highest BCUT2D eigenvalue weighted by atomic mass is 16.5. The number of aliphatic hydroxyl groups is 2. The Morgan fingerprint density at radius 1 is 1.10 bits per heavy atom. The standard InChI is InChI=1S/C31H40N2O7/c1-29-11-7-21(34)15-20(29)3-4-22-23-8-12-31(39,30(23,2)16-24(35)28(22)29)25(36)18-40-27(38)6-5-26(37)33-17-19-9-13-32-14-10-19/h9-10,13-15,22-24,28,35,39H,3-8,11-12,16-18H2,1-2H3,(H,33,37)/t22-,23-,24+,28+,29+,30+,31+/m1/s1. The number of fused-ring (bicyclic) bond motifs is 5. The van der Waals surface area contributed by atoms with Crippen LogP contribution in [0.2, 0.25) is 0 Å². The van der Waals surface area contributed by atoms with Crippen molar-refractivity contribution < 1.29 is 34.1 Å². The van der Waals surface area contributed by atoms with E-state index in [9.17, 15) is 29.4 Å². The molecule has 4 aliphatic carbocycles. The van der Waals surface area contributed by atoms with E-state index in [4.69, 9.17) is 4.74 Å². The number of ketones is 2. The summed E-state index contributed by atoms with van der Waals surface area (Å²) in [5, 5.41) is 26.0. The number of esters is 1. The average Bonchev–Trinajstić information content (AvgIpc) is 3.20. The zero-order chi connectivity index (χ0) is 28.7. The summed E-state index contributed by atoms with van der Waals surface area (Å²) in [6, 6.07) is 3.57. The minimum Gasteiger partial charge on any atom is -0.458 e. The number of pyridine rings is 1.